The van der Waals surface area contributed by atoms with E-state index in [0.29, 0.717) is 0 Å². The molecular weight excluding hydrogens is 235 g/mol. The Morgan fingerprint density at radius 3 is 1.64 bits per heavy atom. The Labute approximate surface area is 91.3 Å². The van der Waals surface area contributed by atoms with Crippen LogP contribution in [-0.2, 0) is 0 Å². The summed E-state index contributed by atoms with van der Waals surface area (Å²) >= 11 is 2.17. The van der Waals surface area contributed by atoms with Crippen molar-refractivity contribution in [2.75, 3.05) is 0 Å². The maximum Gasteiger partial charge on any atom is 0.143 e. The summed E-state index contributed by atoms with van der Waals surface area (Å²) in [6.07, 6.45) is 0. The predicted molar refractivity (Wildman–Crippen MR) is 71.6 cm³/mol. The molecule has 11 heavy (non-hydrogen) atoms. The van der Waals surface area contributed by atoms with Gasteiger partial charge >= 0.3 is 0 Å². The molecule has 0 aliphatic heterocycles. The van der Waals surface area contributed by atoms with Crippen LogP contribution in [0.15, 0.2) is 0 Å². The minimum Gasteiger partial charge on any atom is -0.171 e. The zero-order valence-corrected chi connectivity index (χ0v) is 8.31. The van der Waals surface area contributed by atoms with Crippen molar-refractivity contribution in [2.24, 2.45) is 0 Å². The van der Waals surface area contributed by atoms with Gasteiger partial charge in [-0.1, -0.05) is 0 Å². The second kappa shape index (κ2) is 11.4. The third kappa shape index (κ3) is 11.4. The summed E-state index contributed by atoms with van der Waals surface area (Å²) in [5, 5.41) is 1.95. The zero-order chi connectivity index (χ0) is 8.36. The fourth-order valence-corrected chi connectivity index (χ4v) is 0.667. The first-order valence-electron chi connectivity index (χ1n) is 3.22. The molecule has 0 atom stereocenters. The lowest BCUT2D eigenvalue weighted by Crippen LogP contribution is -2.30. The van der Waals surface area contributed by atoms with Gasteiger partial charge in [0.15, 0.2) is 0 Å². The Balaban J connectivity index is 2.69. The molecule has 0 aliphatic carbocycles. The van der Waals surface area contributed by atoms with Crippen LogP contribution >= 0.6 is 22.4 Å². The molecule has 0 fully saturated rings. The molecule has 0 spiro atoms. The molecule has 0 N–H and O–H groups in total. The average molecular weight is 235 g/mol. The second-order valence-corrected chi connectivity index (χ2v) is 2.38. The molecule has 0 aromatic heterocycles. The lowest BCUT2D eigenvalue weighted by molar-refractivity contribution is 3.83. The van der Waals surface area contributed by atoms with Crippen molar-refractivity contribution >= 4 is 91.6 Å². The van der Waals surface area contributed by atoms with Crippen molar-refractivity contribution in [3.8, 4) is 0 Å². The van der Waals surface area contributed by atoms with Gasteiger partial charge in [-0.3, -0.25) is 0 Å². The fraction of sp³-hybridized carbons (Fsp3) is 0. The summed E-state index contributed by atoms with van der Waals surface area (Å²) in [6.45, 7) is 0. The van der Waals surface area contributed by atoms with E-state index in [4.69, 9.17) is 7.74 Å². The summed E-state index contributed by atoms with van der Waals surface area (Å²) in [4.78, 5) is 0. The SMILES string of the molecule is [B][B][B][B][B][B][B][B][B][B]I. The van der Waals surface area contributed by atoms with Gasteiger partial charge in [0.2, 0.25) is 0 Å². The molecule has 0 aliphatic rings. The summed E-state index contributed by atoms with van der Waals surface area (Å²) in [5.74, 6) is 0. The predicted octanol–water partition coefficient (Wildman–Crippen LogP) is -2.92. The standard InChI is InChI=1S/B10I/c1-2-3-4-5-6-7-8-9-10-11. The Kier molecular flexibility index (Phi) is 12.8. The van der Waals surface area contributed by atoms with Gasteiger partial charge in [0.1, 0.15) is 5.03 Å². The number of hydrogen-bond acceptors (Lipinski definition) is 0. The molecule has 37 valence electrons. The first kappa shape index (κ1) is 12.4. The van der Waals surface area contributed by atoms with E-state index < -0.39 is 0 Å². The monoisotopic (exact) mass is 237 g/mol. The zero-order valence-electron chi connectivity index (χ0n) is 6.15. The number of rotatable bonds is 8. The molecule has 0 heterocycles. The van der Waals surface area contributed by atoms with Gasteiger partial charge < -0.3 is 0 Å². The van der Waals surface area contributed by atoms with Crippen molar-refractivity contribution in [1.29, 1.82) is 0 Å². The molecule has 0 unspecified atom stereocenters. The second-order valence-electron chi connectivity index (χ2n) is 1.67. The van der Waals surface area contributed by atoms with Crippen molar-refractivity contribution in [3.05, 3.63) is 0 Å². The molecule has 0 aromatic rings. The van der Waals surface area contributed by atoms with E-state index in [0.717, 1.165) is 0 Å². The lowest BCUT2D eigenvalue weighted by atomic mass is 8.89. The first-order valence-corrected chi connectivity index (χ1v) is 4.46. The molecule has 0 nitrogen and oxygen atoms in total. The van der Waals surface area contributed by atoms with Crippen LogP contribution < -0.4 is 0 Å². The summed E-state index contributed by atoms with van der Waals surface area (Å²) in [6, 6.07) is 0. The van der Waals surface area contributed by atoms with E-state index in [2.05, 4.69) is 22.4 Å². The van der Waals surface area contributed by atoms with Gasteiger partial charge in [-0.25, -0.2) is 0 Å². The van der Waals surface area contributed by atoms with E-state index >= 15 is 0 Å². The highest BCUT2D eigenvalue weighted by atomic mass is 127. The topological polar surface area (TPSA) is 0 Å². The Hall–Kier alpha value is 1.38. The Bertz CT molecular complexity index is 53.9. The highest BCUT2D eigenvalue weighted by Gasteiger charge is 1.95. The van der Waals surface area contributed by atoms with E-state index in [9.17, 15) is 0 Å². The van der Waals surface area contributed by atoms with E-state index in [1.54, 1.807) is 7.06 Å². The minimum absolute atomic E-state index is 1.50. The molecular formula is B10I. The van der Waals surface area contributed by atoms with Gasteiger partial charge in [0.05, 0.1) is 0 Å². The number of halogens is 1. The van der Waals surface area contributed by atoms with Crippen molar-refractivity contribution in [2.45, 2.75) is 0 Å². The van der Waals surface area contributed by atoms with Crippen molar-refractivity contribution in [1.82, 2.24) is 0 Å². The molecule has 0 bridgehead atoms. The quantitative estimate of drug-likeness (QED) is 0.240. The molecule has 0 aromatic carbocycles. The molecule has 11 radical (unpaired) electrons. The Morgan fingerprint density at radius 1 is 0.727 bits per heavy atom. The lowest BCUT2D eigenvalue weighted by Gasteiger charge is -1.93. The van der Waals surface area contributed by atoms with Gasteiger partial charge in [-0.05, 0) is 0 Å². The number of hydrogen-bond donors (Lipinski definition) is 0. The normalized spacial score (nSPS) is 7.00. The van der Waals surface area contributed by atoms with Crippen LogP contribution in [0.3, 0.4) is 0 Å². The van der Waals surface area contributed by atoms with Gasteiger partial charge in [0.25, 0.3) is 0 Å². The van der Waals surface area contributed by atoms with Crippen molar-refractivity contribution in [3.63, 3.8) is 0 Å². The maximum atomic E-state index is 5.12. The van der Waals surface area contributed by atoms with Crippen LogP contribution in [0.1, 0.15) is 0 Å². The van der Waals surface area contributed by atoms with Crippen LogP contribution in [0, 0.1) is 0 Å². The third-order valence-electron chi connectivity index (χ3n) is 0.851. The van der Waals surface area contributed by atoms with Gasteiger partial charge in [-0.15, -0.1) is 0 Å². The highest BCUT2D eigenvalue weighted by Crippen LogP contribution is 1.68. The average Bonchev–Trinajstić information content (AvgIpc) is 2.03. The third-order valence-corrected chi connectivity index (χ3v) is 1.27. The molecule has 0 amide bonds. The van der Waals surface area contributed by atoms with E-state index in [-0.39, 0.29) is 0 Å². The van der Waals surface area contributed by atoms with Crippen LogP contribution in [0.2, 0.25) is 0 Å². The van der Waals surface area contributed by atoms with Gasteiger partial charge in [0, 0.05) is 64.2 Å². The first-order chi connectivity index (χ1) is 5.41. The summed E-state index contributed by atoms with van der Waals surface area (Å²) in [5.41, 5.74) is 0. The smallest absolute Gasteiger partial charge is 0.143 e. The van der Waals surface area contributed by atoms with E-state index in [1.165, 1.54) is 7.06 Å². The van der Waals surface area contributed by atoms with Crippen LogP contribution in [0.4, 0.5) is 0 Å². The van der Waals surface area contributed by atoms with Gasteiger partial charge in [-0.2, -0.15) is 22.4 Å². The van der Waals surface area contributed by atoms with Crippen LogP contribution in [0.5, 0.6) is 0 Å². The summed E-state index contributed by atoms with van der Waals surface area (Å²) in [7, 11) is 20.0. The summed E-state index contributed by atoms with van der Waals surface area (Å²) < 4.78 is 0. The molecule has 0 saturated heterocycles. The minimum atomic E-state index is 1.50. The molecule has 0 rings (SSSR count). The molecule has 11 heteroatoms. The van der Waals surface area contributed by atoms with E-state index in [1.807, 2.05) is 47.4 Å². The highest BCUT2D eigenvalue weighted by molar-refractivity contribution is 14.1. The fourth-order valence-electron chi connectivity index (χ4n) is 0.427. The van der Waals surface area contributed by atoms with Crippen molar-refractivity contribution < 1.29 is 0 Å². The molecule has 0 saturated carbocycles. The Morgan fingerprint density at radius 2 is 1.18 bits per heavy atom. The maximum absolute atomic E-state index is 5.12. The van der Waals surface area contributed by atoms with Crippen LogP contribution in [0.25, 0.3) is 0 Å². The largest absolute Gasteiger partial charge is 0.171 e. The van der Waals surface area contributed by atoms with Crippen LogP contribution in [-0.4, -0.2) is 69.3 Å².